The van der Waals surface area contributed by atoms with Gasteiger partial charge in [-0.2, -0.15) is 0 Å². The molecular formula is C24H22I6NO12P. The second-order valence-corrected chi connectivity index (χ2v) is 16.9. The monoisotopic (exact) mass is 1310 g/mol. The van der Waals surface area contributed by atoms with Gasteiger partial charge in [-0.25, -0.2) is 4.57 Å². The van der Waals surface area contributed by atoms with Crippen LogP contribution in [0.3, 0.4) is 0 Å². The zero-order valence-corrected chi connectivity index (χ0v) is 36.2. The minimum absolute atomic E-state index is 0.00749. The number of phosphoric ester groups is 1. The Labute approximate surface area is 334 Å². The Morgan fingerprint density at radius 1 is 0.727 bits per heavy atom. The molecule has 0 heterocycles. The van der Waals surface area contributed by atoms with E-state index in [4.69, 9.17) is 38.3 Å². The lowest BCUT2D eigenvalue weighted by atomic mass is 10.3. The molecule has 0 radical (unpaired) electrons. The Kier molecular flexibility index (Phi) is 18.9. The van der Waals surface area contributed by atoms with Crippen LogP contribution in [-0.4, -0.2) is 63.5 Å². The van der Waals surface area contributed by atoms with Gasteiger partial charge in [0.2, 0.25) is 0 Å². The number of rotatable bonds is 16. The maximum absolute atomic E-state index is 12.8. The van der Waals surface area contributed by atoms with Gasteiger partial charge in [-0.05, 0) is 160 Å². The molecule has 0 fully saturated rings. The van der Waals surface area contributed by atoms with Gasteiger partial charge in [-0.1, -0.05) is 0 Å². The third-order valence-electron chi connectivity index (χ3n) is 4.66. The molecule has 2 aromatic rings. The van der Waals surface area contributed by atoms with E-state index in [1.165, 1.54) is 0 Å². The maximum Gasteiger partial charge on any atom is 0.475 e. The van der Waals surface area contributed by atoms with Gasteiger partial charge < -0.3 is 24.7 Å². The molecule has 20 heteroatoms. The van der Waals surface area contributed by atoms with E-state index in [1.54, 1.807) is 24.3 Å². The van der Waals surface area contributed by atoms with Gasteiger partial charge in [-0.3, -0.25) is 32.7 Å². The average molecular weight is 1310 g/mol. The van der Waals surface area contributed by atoms with E-state index >= 15 is 0 Å². The number of halogens is 6. The van der Waals surface area contributed by atoms with Crippen molar-refractivity contribution in [2.24, 2.45) is 5.73 Å². The first-order valence-electron chi connectivity index (χ1n) is 11.9. The SMILES string of the molecule is COP(=O)(OCCN)OC(COC(=O)CC(=O)Oc1c(I)cc(I)cc1I)COC(=O)CC(=O)Oc1c(I)cc(I)cc1I. The fraction of sp³-hybridized carbons (Fsp3) is 0.333. The summed E-state index contributed by atoms with van der Waals surface area (Å²) in [5, 5.41) is 0. The molecule has 242 valence electrons. The van der Waals surface area contributed by atoms with Crippen LogP contribution >= 0.6 is 143 Å². The van der Waals surface area contributed by atoms with Gasteiger partial charge in [0.15, 0.2) is 11.5 Å². The number of carbonyl (C=O) groups is 4. The number of carbonyl (C=O) groups excluding carboxylic acids is 4. The Hall–Kier alpha value is 0.770. The van der Waals surface area contributed by atoms with Crippen LogP contribution in [0.15, 0.2) is 24.3 Å². The molecule has 2 aromatic carbocycles. The summed E-state index contributed by atoms with van der Waals surface area (Å²) in [5.74, 6) is -3.13. The second-order valence-electron chi connectivity index (χ2n) is 8.04. The van der Waals surface area contributed by atoms with E-state index in [0.717, 1.165) is 14.3 Å². The molecule has 0 spiro atoms. The first-order chi connectivity index (χ1) is 20.7. The molecule has 2 N–H and O–H groups in total. The van der Waals surface area contributed by atoms with E-state index in [-0.39, 0.29) is 13.2 Å². The van der Waals surface area contributed by atoms with Crippen LogP contribution in [0.25, 0.3) is 0 Å². The first-order valence-corrected chi connectivity index (χ1v) is 19.8. The molecule has 0 bridgehead atoms. The molecule has 0 saturated heterocycles. The summed E-state index contributed by atoms with van der Waals surface area (Å²) >= 11 is 12.3. The van der Waals surface area contributed by atoms with Crippen molar-refractivity contribution in [3.05, 3.63) is 45.7 Å². The number of ether oxygens (including phenoxy) is 4. The summed E-state index contributed by atoms with van der Waals surface area (Å²) in [6, 6.07) is 7.21. The van der Waals surface area contributed by atoms with Crippen LogP contribution in [0.2, 0.25) is 0 Å². The predicted molar refractivity (Wildman–Crippen MR) is 206 cm³/mol. The quantitative estimate of drug-likeness (QED) is 0.0702. The first kappa shape index (κ1) is 40.9. The lowest BCUT2D eigenvalue weighted by Crippen LogP contribution is -2.30. The summed E-state index contributed by atoms with van der Waals surface area (Å²) < 4.78 is 53.5. The molecule has 13 nitrogen and oxygen atoms in total. The molecule has 0 amide bonds. The second kappa shape index (κ2) is 20.3. The topological polar surface area (TPSA) is 176 Å². The lowest BCUT2D eigenvalue weighted by molar-refractivity contribution is -0.155. The third-order valence-corrected chi connectivity index (χ3v) is 10.6. The maximum atomic E-state index is 12.8. The average Bonchev–Trinajstić information content (AvgIpc) is 2.93. The fourth-order valence-corrected chi connectivity index (χ4v) is 11.5. The molecule has 1 unspecified atom stereocenters. The number of benzene rings is 2. The fourth-order valence-electron chi connectivity index (χ4n) is 2.84. The molecule has 1 atom stereocenters. The van der Waals surface area contributed by atoms with E-state index in [0.29, 0.717) is 25.8 Å². The summed E-state index contributed by atoms with van der Waals surface area (Å²) in [5.41, 5.74) is 5.39. The summed E-state index contributed by atoms with van der Waals surface area (Å²) in [6.45, 7) is -1.45. The minimum atomic E-state index is -4.22. The highest BCUT2D eigenvalue weighted by Crippen LogP contribution is 2.49. The van der Waals surface area contributed by atoms with Crippen LogP contribution < -0.4 is 15.2 Å². The van der Waals surface area contributed by atoms with Crippen LogP contribution in [0, 0.1) is 21.4 Å². The Morgan fingerprint density at radius 2 is 1.11 bits per heavy atom. The lowest BCUT2D eigenvalue weighted by Gasteiger charge is -2.22. The zero-order valence-electron chi connectivity index (χ0n) is 22.3. The highest BCUT2D eigenvalue weighted by molar-refractivity contribution is 14.1. The van der Waals surface area contributed by atoms with Crippen molar-refractivity contribution in [3.63, 3.8) is 0 Å². The van der Waals surface area contributed by atoms with Crippen molar-refractivity contribution >= 4 is 167 Å². The number of hydrogen-bond acceptors (Lipinski definition) is 13. The van der Waals surface area contributed by atoms with Gasteiger partial charge in [0, 0.05) is 20.8 Å². The van der Waals surface area contributed by atoms with Gasteiger partial charge >= 0.3 is 31.7 Å². The molecule has 0 aliphatic rings. The van der Waals surface area contributed by atoms with Crippen molar-refractivity contribution in [3.8, 4) is 11.5 Å². The van der Waals surface area contributed by atoms with E-state index < -0.39 is 63.9 Å². The van der Waals surface area contributed by atoms with Crippen LogP contribution in [0.4, 0.5) is 0 Å². The standard InChI is InChI=1S/C24H22I6NO12P/c1-37-44(36,40-3-2-31)43-14(10-38-19(32)8-21(34)41-23-15(27)4-12(25)5-16(23)28)11-39-20(33)9-22(35)42-24-17(29)6-13(26)7-18(24)30/h4-7,14H,2-3,8-11,31H2,1H3. The summed E-state index contributed by atoms with van der Waals surface area (Å²) in [6.07, 6.45) is -2.88. The summed E-state index contributed by atoms with van der Waals surface area (Å²) in [4.78, 5) is 49.6. The normalized spacial score (nSPS) is 12.4. The summed E-state index contributed by atoms with van der Waals surface area (Å²) in [7, 11) is -3.17. The van der Waals surface area contributed by atoms with Gasteiger partial charge in [0.25, 0.3) is 0 Å². The number of hydrogen-bond donors (Lipinski definition) is 1. The molecule has 0 aromatic heterocycles. The molecule has 0 aliphatic heterocycles. The van der Waals surface area contributed by atoms with Crippen LogP contribution in [-0.2, 0) is 46.8 Å². The van der Waals surface area contributed by atoms with Gasteiger partial charge in [-0.15, -0.1) is 0 Å². The highest BCUT2D eigenvalue weighted by atomic mass is 127. The van der Waals surface area contributed by atoms with Gasteiger partial charge in [0.05, 0.1) is 20.9 Å². The van der Waals surface area contributed by atoms with E-state index in [2.05, 4.69) is 45.2 Å². The third kappa shape index (κ3) is 14.5. The van der Waals surface area contributed by atoms with Crippen LogP contribution in [0.1, 0.15) is 12.8 Å². The smallest absolute Gasteiger partial charge is 0.462 e. The zero-order chi connectivity index (χ0) is 33.0. The Balaban J connectivity index is 2.01. The molecule has 0 saturated carbocycles. The largest absolute Gasteiger partial charge is 0.475 e. The molecule has 44 heavy (non-hydrogen) atoms. The van der Waals surface area contributed by atoms with E-state index in [1.807, 2.05) is 90.4 Å². The van der Waals surface area contributed by atoms with Crippen LogP contribution in [0.5, 0.6) is 11.5 Å². The predicted octanol–water partition coefficient (Wildman–Crippen LogP) is 5.81. The van der Waals surface area contributed by atoms with Crippen molar-refractivity contribution in [1.82, 2.24) is 0 Å². The van der Waals surface area contributed by atoms with Gasteiger partial charge in [0.1, 0.15) is 32.2 Å². The van der Waals surface area contributed by atoms with Crippen molar-refractivity contribution in [2.75, 3.05) is 33.5 Å². The molecular weight excluding hydrogens is 1290 g/mol. The minimum Gasteiger partial charge on any atom is -0.462 e. The van der Waals surface area contributed by atoms with Crippen molar-refractivity contribution in [2.45, 2.75) is 18.9 Å². The number of nitrogens with two attached hydrogens (primary N) is 1. The highest BCUT2D eigenvalue weighted by Gasteiger charge is 2.32. The number of esters is 4. The molecule has 2 rings (SSSR count). The molecule has 0 aliphatic carbocycles. The Morgan fingerprint density at radius 3 is 1.45 bits per heavy atom. The Bertz CT molecular complexity index is 1290. The van der Waals surface area contributed by atoms with Crippen molar-refractivity contribution < 1.29 is 56.3 Å². The van der Waals surface area contributed by atoms with E-state index in [9.17, 15) is 23.7 Å². The van der Waals surface area contributed by atoms with Crippen molar-refractivity contribution in [1.29, 1.82) is 0 Å². The number of phosphoric acid groups is 1.